The second kappa shape index (κ2) is 5.33. The fraction of sp³-hybridized carbons (Fsp3) is 0.750. The third-order valence-electron chi connectivity index (χ3n) is 3.08. The minimum Gasteiger partial charge on any atom is -0.372 e. The second-order valence-corrected chi connectivity index (χ2v) is 5.56. The molecule has 0 radical (unpaired) electrons. The third-order valence-corrected chi connectivity index (χ3v) is 4.00. The Kier molecular flexibility index (Phi) is 4.01. The van der Waals surface area contributed by atoms with Crippen molar-refractivity contribution in [2.75, 3.05) is 25.0 Å². The Balaban J connectivity index is 2.09. The van der Waals surface area contributed by atoms with E-state index in [1.165, 1.54) is 0 Å². The van der Waals surface area contributed by atoms with Gasteiger partial charge in [-0.15, -0.1) is 11.3 Å². The van der Waals surface area contributed by atoms with Gasteiger partial charge in [0.25, 0.3) is 0 Å². The number of nitrogens with zero attached hydrogens (tertiary/aromatic N) is 2. The van der Waals surface area contributed by atoms with Crippen LogP contribution in [0.2, 0.25) is 0 Å². The van der Waals surface area contributed by atoms with Crippen molar-refractivity contribution in [1.29, 1.82) is 0 Å². The summed E-state index contributed by atoms with van der Waals surface area (Å²) < 4.78 is 5.74. The fourth-order valence-corrected chi connectivity index (χ4v) is 3.04. The molecule has 5 heteroatoms. The van der Waals surface area contributed by atoms with E-state index in [4.69, 9.17) is 9.72 Å². The largest absolute Gasteiger partial charge is 0.372 e. The molecule has 2 rings (SSSR count). The van der Waals surface area contributed by atoms with Crippen LogP contribution in [-0.2, 0) is 4.74 Å². The van der Waals surface area contributed by atoms with Crippen LogP contribution in [0.1, 0.15) is 32.5 Å². The van der Waals surface area contributed by atoms with Gasteiger partial charge in [-0.2, -0.15) is 0 Å². The van der Waals surface area contributed by atoms with Gasteiger partial charge in [0.1, 0.15) is 0 Å². The molecule has 4 nitrogen and oxygen atoms in total. The van der Waals surface area contributed by atoms with Crippen LogP contribution < -0.4 is 10.2 Å². The first-order valence-corrected chi connectivity index (χ1v) is 7.01. The summed E-state index contributed by atoms with van der Waals surface area (Å²) in [4.78, 5) is 7.03. The van der Waals surface area contributed by atoms with Crippen molar-refractivity contribution in [2.45, 2.75) is 39.0 Å². The van der Waals surface area contributed by atoms with E-state index in [1.807, 2.05) is 7.05 Å². The van der Waals surface area contributed by atoms with Crippen molar-refractivity contribution in [3.05, 3.63) is 11.1 Å². The number of ether oxygens (including phenoxy) is 1. The van der Waals surface area contributed by atoms with E-state index in [0.717, 1.165) is 23.9 Å². The fourth-order valence-electron chi connectivity index (χ4n) is 2.10. The van der Waals surface area contributed by atoms with Gasteiger partial charge in [-0.25, -0.2) is 4.98 Å². The number of morpholine rings is 1. The van der Waals surface area contributed by atoms with Crippen LogP contribution in [0.3, 0.4) is 0 Å². The number of hydrogen-bond acceptors (Lipinski definition) is 5. The minimum atomic E-state index is 0.285. The Morgan fingerprint density at radius 1 is 1.47 bits per heavy atom. The molecule has 3 unspecified atom stereocenters. The summed E-state index contributed by atoms with van der Waals surface area (Å²) in [6, 6.07) is 0.316. The van der Waals surface area contributed by atoms with Crippen LogP contribution in [0.4, 0.5) is 5.13 Å². The van der Waals surface area contributed by atoms with Crippen molar-refractivity contribution in [3.8, 4) is 0 Å². The molecule has 0 aromatic carbocycles. The van der Waals surface area contributed by atoms with Crippen LogP contribution >= 0.6 is 11.3 Å². The third kappa shape index (κ3) is 2.97. The van der Waals surface area contributed by atoms with E-state index in [9.17, 15) is 0 Å². The molecule has 2 heterocycles. The highest BCUT2D eigenvalue weighted by atomic mass is 32.1. The van der Waals surface area contributed by atoms with Crippen LogP contribution in [0.5, 0.6) is 0 Å². The average molecular weight is 255 g/mol. The Bertz CT molecular complexity index is 358. The van der Waals surface area contributed by atoms with Crippen molar-refractivity contribution in [1.82, 2.24) is 10.3 Å². The first-order chi connectivity index (χ1) is 8.10. The Labute approximate surface area is 107 Å². The van der Waals surface area contributed by atoms with Crippen molar-refractivity contribution >= 4 is 16.5 Å². The highest BCUT2D eigenvalue weighted by Crippen LogP contribution is 2.26. The Morgan fingerprint density at radius 3 is 2.71 bits per heavy atom. The van der Waals surface area contributed by atoms with Gasteiger partial charge in [-0.3, -0.25) is 0 Å². The molecule has 0 amide bonds. The first kappa shape index (κ1) is 12.8. The van der Waals surface area contributed by atoms with Gasteiger partial charge in [0.05, 0.1) is 17.9 Å². The Morgan fingerprint density at radius 2 is 2.12 bits per heavy atom. The first-order valence-electron chi connectivity index (χ1n) is 6.13. The SMILES string of the molecule is CNC(C)c1csc(N2CC(C)OC(C)C2)n1. The lowest BCUT2D eigenvalue weighted by molar-refractivity contribution is -0.00523. The number of hydrogen-bond donors (Lipinski definition) is 1. The monoisotopic (exact) mass is 255 g/mol. The van der Waals surface area contributed by atoms with Crippen molar-refractivity contribution in [2.24, 2.45) is 0 Å². The van der Waals surface area contributed by atoms with Crippen LogP contribution in [0, 0.1) is 0 Å². The molecular weight excluding hydrogens is 234 g/mol. The van der Waals surface area contributed by atoms with Gasteiger partial charge in [-0.05, 0) is 27.8 Å². The predicted molar refractivity (Wildman–Crippen MR) is 71.8 cm³/mol. The number of nitrogens with one attached hydrogen (secondary N) is 1. The van der Waals surface area contributed by atoms with E-state index in [-0.39, 0.29) is 12.2 Å². The summed E-state index contributed by atoms with van der Waals surface area (Å²) in [7, 11) is 1.96. The molecule has 17 heavy (non-hydrogen) atoms. The van der Waals surface area contributed by atoms with Crippen LogP contribution in [0.25, 0.3) is 0 Å². The van der Waals surface area contributed by atoms with Crippen molar-refractivity contribution in [3.63, 3.8) is 0 Å². The molecule has 3 atom stereocenters. The summed E-state index contributed by atoms with van der Waals surface area (Å²) in [5.41, 5.74) is 1.12. The molecule has 96 valence electrons. The molecule has 1 saturated heterocycles. The zero-order chi connectivity index (χ0) is 12.4. The van der Waals surface area contributed by atoms with Gasteiger partial charge in [0.2, 0.25) is 0 Å². The summed E-state index contributed by atoms with van der Waals surface area (Å²) in [6.07, 6.45) is 0.570. The summed E-state index contributed by atoms with van der Waals surface area (Å²) in [6.45, 7) is 8.24. The highest BCUT2D eigenvalue weighted by molar-refractivity contribution is 7.13. The smallest absolute Gasteiger partial charge is 0.185 e. The minimum absolute atomic E-state index is 0.285. The number of aromatic nitrogens is 1. The molecular formula is C12H21N3OS. The number of anilines is 1. The van der Waals surface area contributed by atoms with E-state index in [2.05, 4.69) is 36.4 Å². The van der Waals surface area contributed by atoms with E-state index >= 15 is 0 Å². The Hall–Kier alpha value is -0.650. The maximum absolute atomic E-state index is 5.74. The highest BCUT2D eigenvalue weighted by Gasteiger charge is 2.24. The summed E-state index contributed by atoms with van der Waals surface area (Å²) in [5.74, 6) is 0. The quantitative estimate of drug-likeness (QED) is 0.897. The molecule has 1 N–H and O–H groups in total. The normalized spacial score (nSPS) is 27.2. The molecule has 1 aliphatic rings. The number of rotatable bonds is 3. The van der Waals surface area contributed by atoms with Gasteiger partial charge in [0.15, 0.2) is 5.13 Å². The summed E-state index contributed by atoms with van der Waals surface area (Å²) >= 11 is 1.72. The molecule has 1 fully saturated rings. The zero-order valence-corrected chi connectivity index (χ0v) is 11.8. The van der Waals surface area contributed by atoms with Gasteiger partial charge in [0, 0.05) is 24.5 Å². The molecule has 1 aromatic heterocycles. The van der Waals surface area contributed by atoms with E-state index in [1.54, 1.807) is 11.3 Å². The van der Waals surface area contributed by atoms with Gasteiger partial charge >= 0.3 is 0 Å². The van der Waals surface area contributed by atoms with E-state index < -0.39 is 0 Å². The predicted octanol–water partition coefficient (Wildman–Crippen LogP) is 2.04. The average Bonchev–Trinajstić information content (AvgIpc) is 2.76. The zero-order valence-electron chi connectivity index (χ0n) is 10.9. The molecule has 0 saturated carbocycles. The number of thiazole rings is 1. The van der Waals surface area contributed by atoms with Gasteiger partial charge < -0.3 is 15.0 Å². The molecule has 1 aromatic rings. The van der Waals surface area contributed by atoms with Crippen LogP contribution in [-0.4, -0.2) is 37.3 Å². The van der Waals surface area contributed by atoms with Gasteiger partial charge in [-0.1, -0.05) is 0 Å². The topological polar surface area (TPSA) is 37.4 Å². The maximum atomic E-state index is 5.74. The molecule has 0 spiro atoms. The maximum Gasteiger partial charge on any atom is 0.185 e. The van der Waals surface area contributed by atoms with E-state index in [0.29, 0.717) is 6.04 Å². The van der Waals surface area contributed by atoms with Crippen LogP contribution in [0.15, 0.2) is 5.38 Å². The molecule has 1 aliphatic heterocycles. The molecule has 0 bridgehead atoms. The second-order valence-electron chi connectivity index (χ2n) is 4.73. The standard InChI is InChI=1S/C12H21N3OS/c1-8-5-15(6-9(2)16-8)12-14-11(7-17-12)10(3)13-4/h7-10,13H,5-6H2,1-4H3. The lowest BCUT2D eigenvalue weighted by Crippen LogP contribution is -2.45. The summed E-state index contributed by atoms with van der Waals surface area (Å²) in [5, 5.41) is 6.47. The molecule has 0 aliphatic carbocycles. The van der Waals surface area contributed by atoms with Crippen molar-refractivity contribution < 1.29 is 4.74 Å². The lowest BCUT2D eigenvalue weighted by atomic mass is 10.2. The lowest BCUT2D eigenvalue weighted by Gasteiger charge is -2.35.